The number of nitrogen functional groups attached to an aromatic ring is 1. The molecular formula is C20H24N7O2+. The van der Waals surface area contributed by atoms with Crippen LogP contribution < -0.4 is 11.1 Å². The molecule has 4 rings (SSSR count). The maximum atomic E-state index is 8.86. The molecule has 1 aromatic rings. The summed E-state index contributed by atoms with van der Waals surface area (Å²) in [5.41, 5.74) is 6.99. The van der Waals surface area contributed by atoms with Crippen LogP contribution in [-0.4, -0.2) is 63.5 Å². The number of rotatable bonds is 2. The van der Waals surface area contributed by atoms with Crippen molar-refractivity contribution in [1.82, 2.24) is 20.2 Å². The van der Waals surface area contributed by atoms with Crippen molar-refractivity contribution in [3.05, 3.63) is 59.8 Å². The molecule has 9 heteroatoms. The standard InChI is InChI=1S/C20H23N7O2/c1-20(5-7-24-19(26-20)27-8-10-29-11-9-27)17(28)14-12-13(2-3-15(14)21)16-4-6-23-18(22)25-16/h2-7,12,21,28H,8-11H2,1H3,(H,24,26)(H2,22,23,25)/p+1/b17-14-,21-15?. The largest absolute Gasteiger partial charge is 0.594 e. The van der Waals surface area contributed by atoms with Crippen LogP contribution in [0.1, 0.15) is 12.6 Å². The smallest absolute Gasteiger partial charge is 0.270 e. The lowest BCUT2D eigenvalue weighted by molar-refractivity contribution is 0.0664. The van der Waals surface area contributed by atoms with Crippen molar-refractivity contribution in [1.29, 1.82) is 5.41 Å². The maximum absolute atomic E-state index is 8.86. The molecule has 1 fully saturated rings. The molecule has 0 radical (unpaired) electrons. The van der Waals surface area contributed by atoms with Crippen LogP contribution in [0.15, 0.2) is 59.1 Å². The zero-order chi connectivity index (χ0) is 20.4. The minimum absolute atomic E-state index is 0.182. The molecule has 0 bridgehead atoms. The van der Waals surface area contributed by atoms with Gasteiger partial charge in [-0.2, -0.15) is 0 Å². The summed E-state index contributed by atoms with van der Waals surface area (Å²) in [5.74, 6) is 1.14. The lowest BCUT2D eigenvalue weighted by Crippen LogP contribution is -2.49. The summed E-state index contributed by atoms with van der Waals surface area (Å²) in [5, 5.41) is 20.4. The fourth-order valence-corrected chi connectivity index (χ4v) is 3.36. The Morgan fingerprint density at radius 2 is 2.14 bits per heavy atom. The van der Waals surface area contributed by atoms with Crippen molar-refractivity contribution in [3.8, 4) is 0 Å². The van der Waals surface area contributed by atoms with Crippen molar-refractivity contribution in [2.24, 2.45) is 4.99 Å². The van der Waals surface area contributed by atoms with E-state index in [2.05, 4.69) is 20.2 Å². The van der Waals surface area contributed by atoms with E-state index < -0.39 is 5.54 Å². The molecule has 1 saturated heterocycles. The quantitative estimate of drug-likeness (QED) is 0.496. The lowest BCUT2D eigenvalue weighted by Gasteiger charge is -2.33. The summed E-state index contributed by atoms with van der Waals surface area (Å²) < 4.78 is 5.41. The first-order chi connectivity index (χ1) is 14.0. The average molecular weight is 394 g/mol. The third-order valence-electron chi connectivity index (χ3n) is 5.03. The molecule has 150 valence electrons. The number of allylic oxidation sites excluding steroid dienone is 5. The Hall–Kier alpha value is -3.46. The summed E-state index contributed by atoms with van der Waals surface area (Å²) in [6.45, 7) is 4.68. The highest BCUT2D eigenvalue weighted by atomic mass is 16.5. The molecule has 6 N–H and O–H groups in total. The molecule has 1 unspecified atom stereocenters. The van der Waals surface area contributed by atoms with Crippen molar-refractivity contribution >= 4 is 23.2 Å². The van der Waals surface area contributed by atoms with Gasteiger partial charge in [-0.15, -0.1) is 0 Å². The Bertz CT molecular complexity index is 986. The van der Waals surface area contributed by atoms with Gasteiger partial charge in [-0.3, -0.25) is 5.41 Å². The molecule has 29 heavy (non-hydrogen) atoms. The minimum atomic E-state index is -0.891. The molecule has 9 nitrogen and oxygen atoms in total. The Balaban J connectivity index is 1.71. The third kappa shape index (κ3) is 3.77. The molecular weight excluding hydrogens is 370 g/mol. The lowest BCUT2D eigenvalue weighted by atomic mass is 9.89. The molecule has 0 aromatic carbocycles. The zero-order valence-corrected chi connectivity index (χ0v) is 16.1. The number of nitrogens with two attached hydrogens (primary N) is 1. The number of guanidine groups is 1. The van der Waals surface area contributed by atoms with E-state index in [0.29, 0.717) is 30.4 Å². The van der Waals surface area contributed by atoms with Crippen molar-refractivity contribution in [2.45, 2.75) is 12.5 Å². The van der Waals surface area contributed by atoms with Gasteiger partial charge in [0.05, 0.1) is 30.2 Å². The first-order valence-electron chi connectivity index (χ1n) is 9.37. The van der Waals surface area contributed by atoms with E-state index in [-0.39, 0.29) is 17.4 Å². The second kappa shape index (κ2) is 7.51. The van der Waals surface area contributed by atoms with Gasteiger partial charge in [-0.25, -0.2) is 15.0 Å². The van der Waals surface area contributed by atoms with Crippen LogP contribution in [0, 0.1) is 5.41 Å². The van der Waals surface area contributed by atoms with Gasteiger partial charge in [0.1, 0.15) is 0 Å². The molecule has 0 amide bonds. The van der Waals surface area contributed by atoms with E-state index in [1.54, 1.807) is 30.5 Å². The second-order valence-corrected chi connectivity index (χ2v) is 7.10. The van der Waals surface area contributed by atoms with Crippen molar-refractivity contribution in [3.63, 3.8) is 0 Å². The number of nitrogens with zero attached hydrogens (tertiary/aromatic N) is 4. The Morgan fingerprint density at radius 3 is 2.90 bits per heavy atom. The number of aromatic nitrogens is 2. The minimum Gasteiger partial charge on any atom is -0.594 e. The van der Waals surface area contributed by atoms with Gasteiger partial charge in [0.25, 0.3) is 5.76 Å². The van der Waals surface area contributed by atoms with Gasteiger partial charge < -0.3 is 25.8 Å². The molecule has 3 aliphatic rings. The number of aliphatic imine (C=N–C) groups is 1. The van der Waals surface area contributed by atoms with Gasteiger partial charge in [-0.1, -0.05) is 6.08 Å². The van der Waals surface area contributed by atoms with E-state index in [1.807, 2.05) is 19.2 Å². The number of anilines is 1. The third-order valence-corrected chi connectivity index (χ3v) is 5.03. The average Bonchev–Trinajstić information content (AvgIpc) is 2.74. The highest BCUT2D eigenvalue weighted by Gasteiger charge is 2.37. The molecule has 3 heterocycles. The monoisotopic (exact) mass is 394 g/mol. The van der Waals surface area contributed by atoms with Gasteiger partial charge in [0.15, 0.2) is 11.5 Å². The Labute approximate surface area is 168 Å². The predicted octanol–water partition coefficient (Wildman–Crippen LogP) is 0.574. The number of ether oxygens (including phenoxy) is 1. The van der Waals surface area contributed by atoms with E-state index >= 15 is 0 Å². The van der Waals surface area contributed by atoms with Crippen LogP contribution in [0.4, 0.5) is 5.95 Å². The van der Waals surface area contributed by atoms with Gasteiger partial charge in [0.2, 0.25) is 5.95 Å². The van der Waals surface area contributed by atoms with Crippen molar-refractivity contribution in [2.75, 3.05) is 32.0 Å². The summed E-state index contributed by atoms with van der Waals surface area (Å²) in [6, 6.07) is 1.75. The first kappa shape index (κ1) is 18.9. The summed E-state index contributed by atoms with van der Waals surface area (Å²) >= 11 is 0. The van der Waals surface area contributed by atoms with Crippen molar-refractivity contribution < 1.29 is 9.84 Å². The predicted molar refractivity (Wildman–Crippen MR) is 112 cm³/mol. The first-order valence-corrected chi connectivity index (χ1v) is 9.37. The van der Waals surface area contributed by atoms with E-state index in [1.165, 1.54) is 0 Å². The molecule has 2 aliphatic heterocycles. The number of morpholine rings is 1. The van der Waals surface area contributed by atoms with Crippen LogP contribution in [0.2, 0.25) is 0 Å². The maximum Gasteiger partial charge on any atom is 0.270 e. The van der Waals surface area contributed by atoms with Crippen LogP contribution in [0.25, 0.3) is 5.57 Å². The van der Waals surface area contributed by atoms with Crippen LogP contribution in [0.5, 0.6) is 0 Å². The highest BCUT2D eigenvalue weighted by Crippen LogP contribution is 2.31. The SMILES string of the molecule is CC1(/C([OH2+])=C2\C=C(c3ccnc(N)n3)C=CC2=N)C=CNC(N2CCOCC2)=N1. The molecule has 1 atom stereocenters. The van der Waals surface area contributed by atoms with Crippen LogP contribution in [0.3, 0.4) is 0 Å². The second-order valence-electron chi connectivity index (χ2n) is 7.10. The Kier molecular flexibility index (Phi) is 4.89. The van der Waals surface area contributed by atoms with E-state index in [4.69, 9.17) is 26.0 Å². The molecule has 0 saturated carbocycles. The Morgan fingerprint density at radius 1 is 1.34 bits per heavy atom. The summed E-state index contributed by atoms with van der Waals surface area (Å²) in [7, 11) is 0. The molecule has 1 aliphatic carbocycles. The van der Waals surface area contributed by atoms with Crippen LogP contribution in [-0.2, 0) is 4.74 Å². The normalized spacial score (nSPS) is 26.0. The molecule has 0 spiro atoms. The molecule has 1 aromatic heterocycles. The van der Waals surface area contributed by atoms with E-state index in [9.17, 15) is 0 Å². The number of hydrogen-bond donors (Lipinski definition) is 3. The fraction of sp³-hybridized carbons (Fsp3) is 0.300. The number of hydrogen-bond acceptors (Lipinski definition) is 8. The summed E-state index contributed by atoms with van der Waals surface area (Å²) in [4.78, 5) is 15.1. The van der Waals surface area contributed by atoms with Gasteiger partial charge in [0, 0.05) is 31.1 Å². The van der Waals surface area contributed by atoms with Gasteiger partial charge in [-0.05, 0) is 31.2 Å². The van der Waals surface area contributed by atoms with Gasteiger partial charge >= 0.3 is 0 Å². The van der Waals surface area contributed by atoms with E-state index in [0.717, 1.165) is 18.7 Å². The summed E-state index contributed by atoms with van der Waals surface area (Å²) in [6.07, 6.45) is 10.5. The number of nitrogens with one attached hydrogen (secondary N) is 2. The topological polar surface area (TPSA) is 135 Å². The fourth-order valence-electron chi connectivity index (χ4n) is 3.36. The van der Waals surface area contributed by atoms with Crippen LogP contribution >= 0.6 is 0 Å². The zero-order valence-electron chi connectivity index (χ0n) is 16.1. The highest BCUT2D eigenvalue weighted by molar-refractivity contribution is 6.13.